The van der Waals surface area contributed by atoms with E-state index in [1.807, 2.05) is 10.8 Å². The highest BCUT2D eigenvalue weighted by atomic mass is 32.2. The summed E-state index contributed by atoms with van der Waals surface area (Å²) in [6.07, 6.45) is 0.183. The molecule has 0 aromatic heterocycles. The molecule has 3 aromatic carbocycles. The summed E-state index contributed by atoms with van der Waals surface area (Å²) < 4.78 is 27.0. The molecule has 33 heavy (non-hydrogen) atoms. The zero-order valence-corrected chi connectivity index (χ0v) is 17.9. The number of hydrogen-bond acceptors (Lipinski definition) is 8. The summed E-state index contributed by atoms with van der Waals surface area (Å²) in [7, 11) is -4.15. The van der Waals surface area contributed by atoms with E-state index < -0.39 is 33.7 Å². The molecule has 0 radical (unpaired) electrons. The summed E-state index contributed by atoms with van der Waals surface area (Å²) in [5.74, 6) is -2.55. The Hall–Kier alpha value is -4.09. The molecule has 170 valence electrons. The van der Waals surface area contributed by atoms with E-state index in [1.54, 1.807) is 24.3 Å². The summed E-state index contributed by atoms with van der Waals surface area (Å²) >= 11 is 0. The molecule has 11 heteroatoms. The lowest BCUT2D eigenvalue weighted by Gasteiger charge is -2.13. The molecule has 1 atom stereocenters. The van der Waals surface area contributed by atoms with Crippen LogP contribution in [-0.4, -0.2) is 36.5 Å². The molecule has 0 aliphatic carbocycles. The van der Waals surface area contributed by atoms with Crippen LogP contribution in [0.4, 0.5) is 11.4 Å². The minimum absolute atomic E-state index is 0.167. The summed E-state index contributed by atoms with van der Waals surface area (Å²) in [5.41, 5.74) is 6.78. The quantitative estimate of drug-likeness (QED) is 0.368. The first-order chi connectivity index (χ1) is 15.7. The summed E-state index contributed by atoms with van der Waals surface area (Å²) in [6, 6.07) is 16.9. The number of amides is 1. The molecule has 0 fully saturated rings. The van der Waals surface area contributed by atoms with Gasteiger partial charge in [0, 0.05) is 0 Å². The van der Waals surface area contributed by atoms with Crippen molar-refractivity contribution in [3.8, 4) is 5.75 Å². The molecule has 0 aliphatic rings. The molecule has 0 bridgehead atoms. The Morgan fingerprint density at radius 3 is 2.18 bits per heavy atom. The Balaban J connectivity index is 1.67. The first kappa shape index (κ1) is 23.6. The standard InChI is InChI=1S/C22H20N4O6S/c23-19(12-14-4-2-1-3-5-14)21(28)26-33(31,32)17-9-6-15(7-10-17)24-25-16-8-11-20(27)18(13-16)22(29)30/h1-11,13,19,27H,12,23H2,(H,26,28)(H,29,30)/t19-/m0/s1. The van der Waals surface area contributed by atoms with Gasteiger partial charge in [-0.25, -0.2) is 17.9 Å². The number of carbonyl (C=O) groups excluding carboxylic acids is 1. The summed E-state index contributed by atoms with van der Waals surface area (Å²) in [4.78, 5) is 23.1. The van der Waals surface area contributed by atoms with Gasteiger partial charge < -0.3 is 15.9 Å². The monoisotopic (exact) mass is 468 g/mol. The highest BCUT2D eigenvalue weighted by Gasteiger charge is 2.22. The van der Waals surface area contributed by atoms with Gasteiger partial charge in [-0.15, -0.1) is 0 Å². The van der Waals surface area contributed by atoms with Crippen LogP contribution in [0.15, 0.2) is 87.9 Å². The fourth-order valence-electron chi connectivity index (χ4n) is 2.79. The molecule has 0 heterocycles. The summed E-state index contributed by atoms with van der Waals surface area (Å²) in [5, 5.41) is 26.3. The lowest BCUT2D eigenvalue weighted by molar-refractivity contribution is -0.120. The Kier molecular flexibility index (Phi) is 7.16. The van der Waals surface area contributed by atoms with Crippen LogP contribution in [0.5, 0.6) is 5.75 Å². The second kappa shape index (κ2) is 10.0. The number of nitrogens with two attached hydrogens (primary N) is 1. The van der Waals surface area contributed by atoms with Crippen molar-refractivity contribution >= 4 is 33.3 Å². The molecule has 0 saturated carbocycles. The van der Waals surface area contributed by atoms with Crippen LogP contribution < -0.4 is 10.5 Å². The van der Waals surface area contributed by atoms with Gasteiger partial charge in [-0.1, -0.05) is 30.3 Å². The molecule has 0 saturated heterocycles. The van der Waals surface area contributed by atoms with Gasteiger partial charge in [0.2, 0.25) is 0 Å². The first-order valence-electron chi connectivity index (χ1n) is 9.60. The minimum atomic E-state index is -4.15. The number of nitrogens with zero attached hydrogens (tertiary/aromatic N) is 2. The van der Waals surface area contributed by atoms with Gasteiger partial charge in [-0.2, -0.15) is 10.2 Å². The van der Waals surface area contributed by atoms with Gasteiger partial charge in [0.15, 0.2) is 0 Å². The number of aromatic hydroxyl groups is 1. The predicted molar refractivity (Wildman–Crippen MR) is 119 cm³/mol. The first-order valence-corrected chi connectivity index (χ1v) is 11.1. The lowest BCUT2D eigenvalue weighted by atomic mass is 10.1. The predicted octanol–water partition coefficient (Wildman–Crippen LogP) is 2.88. The van der Waals surface area contributed by atoms with Gasteiger partial charge in [-0.3, -0.25) is 4.79 Å². The Labute approximate surface area is 189 Å². The van der Waals surface area contributed by atoms with Crippen LogP contribution in [-0.2, 0) is 21.2 Å². The third kappa shape index (κ3) is 6.21. The fourth-order valence-corrected chi connectivity index (χ4v) is 3.82. The largest absolute Gasteiger partial charge is 0.507 e. The number of benzene rings is 3. The average Bonchev–Trinajstić information content (AvgIpc) is 2.79. The third-order valence-corrected chi connectivity index (χ3v) is 5.87. The molecule has 5 N–H and O–H groups in total. The summed E-state index contributed by atoms with van der Waals surface area (Å²) in [6.45, 7) is 0. The number of aromatic carboxylic acids is 1. The van der Waals surface area contributed by atoms with Gasteiger partial charge in [-0.05, 0) is 54.4 Å². The van der Waals surface area contributed by atoms with E-state index in [2.05, 4.69) is 10.2 Å². The van der Waals surface area contributed by atoms with Crippen LogP contribution >= 0.6 is 0 Å². The Morgan fingerprint density at radius 2 is 1.55 bits per heavy atom. The zero-order valence-electron chi connectivity index (χ0n) is 17.1. The van der Waals surface area contributed by atoms with Crippen molar-refractivity contribution in [1.29, 1.82) is 0 Å². The van der Waals surface area contributed by atoms with Gasteiger partial charge in [0.05, 0.1) is 22.3 Å². The maximum absolute atomic E-state index is 12.5. The van der Waals surface area contributed by atoms with Crippen molar-refractivity contribution in [3.63, 3.8) is 0 Å². The number of hydrogen-bond donors (Lipinski definition) is 4. The maximum atomic E-state index is 12.5. The highest BCUT2D eigenvalue weighted by Crippen LogP contribution is 2.25. The third-order valence-electron chi connectivity index (χ3n) is 4.51. The molecular weight excluding hydrogens is 448 g/mol. The van der Waals surface area contributed by atoms with E-state index in [0.29, 0.717) is 0 Å². The molecular formula is C22H20N4O6S. The smallest absolute Gasteiger partial charge is 0.339 e. The number of azo groups is 1. The average molecular weight is 468 g/mol. The topological polar surface area (TPSA) is 172 Å². The molecule has 3 aromatic rings. The molecule has 0 spiro atoms. The maximum Gasteiger partial charge on any atom is 0.339 e. The lowest BCUT2D eigenvalue weighted by Crippen LogP contribution is -2.44. The van der Waals surface area contributed by atoms with Gasteiger partial charge in [0.1, 0.15) is 11.3 Å². The van der Waals surface area contributed by atoms with Crippen molar-refractivity contribution in [2.45, 2.75) is 17.4 Å². The second-order valence-corrected chi connectivity index (χ2v) is 8.65. The van der Waals surface area contributed by atoms with Crippen molar-refractivity contribution in [2.24, 2.45) is 16.0 Å². The van der Waals surface area contributed by atoms with Crippen LogP contribution in [0.25, 0.3) is 0 Å². The Bertz CT molecular complexity index is 1290. The van der Waals surface area contributed by atoms with Crippen LogP contribution in [0, 0.1) is 0 Å². The van der Waals surface area contributed by atoms with E-state index in [9.17, 15) is 23.1 Å². The van der Waals surface area contributed by atoms with Crippen molar-refractivity contribution in [2.75, 3.05) is 0 Å². The normalized spacial score (nSPS) is 12.4. The number of rotatable bonds is 8. The van der Waals surface area contributed by atoms with Crippen LogP contribution in [0.1, 0.15) is 15.9 Å². The zero-order chi connectivity index (χ0) is 24.0. The fraction of sp³-hybridized carbons (Fsp3) is 0.0909. The van der Waals surface area contributed by atoms with E-state index >= 15 is 0 Å². The number of carbonyl (C=O) groups is 2. The number of sulfonamides is 1. The van der Waals surface area contributed by atoms with E-state index in [4.69, 9.17) is 10.8 Å². The number of phenols is 1. The molecule has 10 nitrogen and oxygen atoms in total. The van der Waals surface area contributed by atoms with Crippen LogP contribution in [0.3, 0.4) is 0 Å². The van der Waals surface area contributed by atoms with E-state index in [-0.39, 0.29) is 28.3 Å². The number of carboxylic acids is 1. The molecule has 3 rings (SSSR count). The number of carboxylic acid groups (broad SMARTS) is 1. The SMILES string of the molecule is N[C@@H](Cc1ccccc1)C(=O)NS(=O)(=O)c1ccc(N=Nc2ccc(O)c(C(=O)O)c2)cc1. The van der Waals surface area contributed by atoms with Gasteiger partial charge >= 0.3 is 5.97 Å². The van der Waals surface area contributed by atoms with Crippen LogP contribution in [0.2, 0.25) is 0 Å². The molecule has 0 aliphatic heterocycles. The number of nitrogens with one attached hydrogen (secondary N) is 1. The minimum Gasteiger partial charge on any atom is -0.507 e. The second-order valence-electron chi connectivity index (χ2n) is 6.97. The van der Waals surface area contributed by atoms with Crippen molar-refractivity contribution in [1.82, 2.24) is 4.72 Å². The van der Waals surface area contributed by atoms with Crippen molar-refractivity contribution in [3.05, 3.63) is 83.9 Å². The molecule has 0 unspecified atom stereocenters. The highest BCUT2D eigenvalue weighted by molar-refractivity contribution is 7.90. The van der Waals surface area contributed by atoms with Gasteiger partial charge in [0.25, 0.3) is 15.9 Å². The molecule has 1 amide bonds. The van der Waals surface area contributed by atoms with E-state index in [1.165, 1.54) is 36.4 Å². The van der Waals surface area contributed by atoms with Crippen molar-refractivity contribution < 1.29 is 28.2 Å². The van der Waals surface area contributed by atoms with E-state index in [0.717, 1.165) is 11.6 Å². The Morgan fingerprint density at radius 1 is 0.939 bits per heavy atom.